The van der Waals surface area contributed by atoms with Gasteiger partial charge in [-0.15, -0.1) is 0 Å². The molecule has 0 aliphatic carbocycles. The molecular weight excluding hydrogens is 256 g/mol. The zero-order valence-electron chi connectivity index (χ0n) is 13.2. The number of esters is 1. The Labute approximate surface area is 122 Å². The van der Waals surface area contributed by atoms with Crippen LogP contribution in [-0.2, 0) is 14.3 Å². The first kappa shape index (κ1) is 17.0. The topological polar surface area (TPSA) is 58.6 Å². The second kappa shape index (κ2) is 7.62. The molecule has 0 unspecified atom stereocenters. The fourth-order valence-electron chi connectivity index (χ4n) is 2.30. The number of unbranched alkanes of at least 4 members (excludes halogenated alkanes) is 1. The van der Waals surface area contributed by atoms with Crippen LogP contribution in [0.2, 0.25) is 0 Å². The van der Waals surface area contributed by atoms with Crippen molar-refractivity contribution in [2.24, 2.45) is 0 Å². The molecule has 0 aromatic carbocycles. The summed E-state index contributed by atoms with van der Waals surface area (Å²) in [4.78, 5) is 25.9. The molecule has 0 aromatic heterocycles. The third kappa shape index (κ3) is 5.90. The highest BCUT2D eigenvalue weighted by Crippen LogP contribution is 2.20. The summed E-state index contributed by atoms with van der Waals surface area (Å²) in [6.07, 6.45) is 3.76. The SMILES string of the molecule is CCCCNC(=O)CN1CCC[C@H]1C(=O)OC(C)(C)C. The van der Waals surface area contributed by atoms with Gasteiger partial charge < -0.3 is 10.1 Å². The van der Waals surface area contributed by atoms with E-state index in [1.54, 1.807) is 0 Å². The lowest BCUT2D eigenvalue weighted by Crippen LogP contribution is -2.45. The number of nitrogens with zero attached hydrogens (tertiary/aromatic N) is 1. The summed E-state index contributed by atoms with van der Waals surface area (Å²) in [7, 11) is 0. The van der Waals surface area contributed by atoms with Crippen molar-refractivity contribution < 1.29 is 14.3 Å². The van der Waals surface area contributed by atoms with Crippen molar-refractivity contribution in [2.45, 2.75) is 65.0 Å². The molecule has 1 N–H and O–H groups in total. The Morgan fingerprint density at radius 1 is 1.35 bits per heavy atom. The number of rotatable bonds is 6. The Kier molecular flexibility index (Phi) is 6.46. The summed E-state index contributed by atoms with van der Waals surface area (Å²) in [5.41, 5.74) is -0.477. The Morgan fingerprint density at radius 2 is 2.05 bits per heavy atom. The maximum atomic E-state index is 12.1. The lowest BCUT2D eigenvalue weighted by Gasteiger charge is -2.26. The second-order valence-electron chi connectivity index (χ2n) is 6.37. The molecule has 1 fully saturated rings. The van der Waals surface area contributed by atoms with E-state index < -0.39 is 5.60 Å². The van der Waals surface area contributed by atoms with Gasteiger partial charge in [-0.1, -0.05) is 13.3 Å². The minimum atomic E-state index is -0.477. The standard InChI is InChI=1S/C15H28N2O3/c1-5-6-9-16-13(18)11-17-10-7-8-12(17)14(19)20-15(2,3)4/h12H,5-11H2,1-4H3,(H,16,18)/t12-/m0/s1. The van der Waals surface area contributed by atoms with E-state index in [1.165, 1.54) is 0 Å². The highest BCUT2D eigenvalue weighted by Gasteiger charge is 2.34. The first-order chi connectivity index (χ1) is 9.33. The molecule has 0 bridgehead atoms. The number of ether oxygens (including phenoxy) is 1. The molecular formula is C15H28N2O3. The highest BCUT2D eigenvalue weighted by molar-refractivity contribution is 5.81. The van der Waals surface area contributed by atoms with Gasteiger partial charge in [0.15, 0.2) is 0 Å². The number of carbonyl (C=O) groups excluding carboxylic acids is 2. The Morgan fingerprint density at radius 3 is 2.65 bits per heavy atom. The van der Waals surface area contributed by atoms with Crippen molar-refractivity contribution >= 4 is 11.9 Å². The van der Waals surface area contributed by atoms with Gasteiger partial charge in [0, 0.05) is 6.54 Å². The van der Waals surface area contributed by atoms with E-state index in [-0.39, 0.29) is 24.5 Å². The molecule has 0 aromatic rings. The second-order valence-corrected chi connectivity index (χ2v) is 6.37. The monoisotopic (exact) mass is 284 g/mol. The third-order valence-corrected chi connectivity index (χ3v) is 3.24. The molecule has 5 heteroatoms. The summed E-state index contributed by atoms with van der Waals surface area (Å²) in [6, 6.07) is -0.272. The van der Waals surface area contributed by atoms with Gasteiger partial charge in [0.1, 0.15) is 11.6 Å². The maximum absolute atomic E-state index is 12.1. The molecule has 1 heterocycles. The van der Waals surface area contributed by atoms with Crippen LogP contribution in [0.5, 0.6) is 0 Å². The number of likely N-dealkylation sites (tertiary alicyclic amines) is 1. The quantitative estimate of drug-likeness (QED) is 0.596. The van der Waals surface area contributed by atoms with Crippen LogP contribution in [0.15, 0.2) is 0 Å². The molecule has 1 rings (SSSR count). The highest BCUT2D eigenvalue weighted by atomic mass is 16.6. The number of hydrogen-bond acceptors (Lipinski definition) is 4. The molecule has 0 spiro atoms. The van der Waals surface area contributed by atoms with Gasteiger partial charge in [-0.25, -0.2) is 0 Å². The zero-order valence-corrected chi connectivity index (χ0v) is 13.2. The Bertz CT molecular complexity index is 337. The molecule has 1 saturated heterocycles. The average Bonchev–Trinajstić information content (AvgIpc) is 2.75. The van der Waals surface area contributed by atoms with E-state index in [0.29, 0.717) is 6.54 Å². The van der Waals surface area contributed by atoms with Crippen molar-refractivity contribution in [1.82, 2.24) is 10.2 Å². The van der Waals surface area contributed by atoms with Crippen LogP contribution >= 0.6 is 0 Å². The predicted molar refractivity (Wildman–Crippen MR) is 78.4 cm³/mol. The normalized spacial score (nSPS) is 19.9. The minimum Gasteiger partial charge on any atom is -0.459 e. The molecule has 1 amide bonds. The number of nitrogens with one attached hydrogen (secondary N) is 1. The van der Waals surface area contributed by atoms with Crippen molar-refractivity contribution in [3.8, 4) is 0 Å². The van der Waals surface area contributed by atoms with Gasteiger partial charge >= 0.3 is 5.97 Å². The first-order valence-corrected chi connectivity index (χ1v) is 7.57. The van der Waals surface area contributed by atoms with E-state index in [4.69, 9.17) is 4.74 Å². The lowest BCUT2D eigenvalue weighted by molar-refractivity contribution is -0.160. The van der Waals surface area contributed by atoms with Gasteiger partial charge in [-0.3, -0.25) is 14.5 Å². The van der Waals surface area contributed by atoms with E-state index in [9.17, 15) is 9.59 Å². The fraction of sp³-hybridized carbons (Fsp3) is 0.867. The van der Waals surface area contributed by atoms with Crippen LogP contribution in [0.25, 0.3) is 0 Å². The third-order valence-electron chi connectivity index (χ3n) is 3.24. The van der Waals surface area contributed by atoms with Crippen molar-refractivity contribution in [2.75, 3.05) is 19.6 Å². The predicted octanol–water partition coefficient (Wildman–Crippen LogP) is 1.71. The molecule has 1 aliphatic heterocycles. The fourth-order valence-corrected chi connectivity index (χ4v) is 2.30. The molecule has 20 heavy (non-hydrogen) atoms. The van der Waals surface area contributed by atoms with Crippen LogP contribution in [0.3, 0.4) is 0 Å². The van der Waals surface area contributed by atoms with Crippen LogP contribution in [-0.4, -0.2) is 48.1 Å². The molecule has 5 nitrogen and oxygen atoms in total. The Hall–Kier alpha value is -1.10. The van der Waals surface area contributed by atoms with Crippen molar-refractivity contribution in [3.05, 3.63) is 0 Å². The molecule has 116 valence electrons. The van der Waals surface area contributed by atoms with Crippen LogP contribution in [0, 0.1) is 0 Å². The van der Waals surface area contributed by atoms with E-state index in [2.05, 4.69) is 12.2 Å². The van der Waals surface area contributed by atoms with Crippen molar-refractivity contribution in [1.29, 1.82) is 0 Å². The van der Waals surface area contributed by atoms with Crippen molar-refractivity contribution in [3.63, 3.8) is 0 Å². The zero-order chi connectivity index (χ0) is 15.2. The summed E-state index contributed by atoms with van der Waals surface area (Å²) in [5, 5.41) is 2.89. The first-order valence-electron chi connectivity index (χ1n) is 7.57. The number of amides is 1. The number of hydrogen-bond donors (Lipinski definition) is 1. The molecule has 0 saturated carbocycles. The summed E-state index contributed by atoms with van der Waals surface area (Å²) in [5.74, 6) is -0.217. The van der Waals surface area contributed by atoms with Crippen LogP contribution in [0.1, 0.15) is 53.4 Å². The van der Waals surface area contributed by atoms with Gasteiger partial charge in [0.05, 0.1) is 6.54 Å². The largest absolute Gasteiger partial charge is 0.459 e. The average molecular weight is 284 g/mol. The van der Waals surface area contributed by atoms with Gasteiger partial charge in [-0.05, 0) is 46.6 Å². The molecule has 0 radical (unpaired) electrons. The summed E-state index contributed by atoms with van der Waals surface area (Å²) >= 11 is 0. The van der Waals surface area contributed by atoms with E-state index in [0.717, 1.165) is 32.2 Å². The summed E-state index contributed by atoms with van der Waals surface area (Å²) < 4.78 is 5.42. The molecule has 1 atom stereocenters. The van der Waals surface area contributed by atoms with E-state index in [1.807, 2.05) is 25.7 Å². The van der Waals surface area contributed by atoms with Gasteiger partial charge in [0.25, 0.3) is 0 Å². The number of carbonyl (C=O) groups is 2. The molecule has 1 aliphatic rings. The maximum Gasteiger partial charge on any atom is 0.323 e. The van der Waals surface area contributed by atoms with Gasteiger partial charge in [0.2, 0.25) is 5.91 Å². The Balaban J connectivity index is 2.44. The van der Waals surface area contributed by atoms with Crippen LogP contribution < -0.4 is 5.32 Å². The lowest BCUT2D eigenvalue weighted by atomic mass is 10.1. The van der Waals surface area contributed by atoms with Gasteiger partial charge in [-0.2, -0.15) is 0 Å². The smallest absolute Gasteiger partial charge is 0.323 e. The van der Waals surface area contributed by atoms with E-state index >= 15 is 0 Å². The van der Waals surface area contributed by atoms with Crippen LogP contribution in [0.4, 0.5) is 0 Å². The minimum absolute atomic E-state index is 0.00564. The summed E-state index contributed by atoms with van der Waals surface area (Å²) in [6.45, 7) is 9.45.